The molecule has 0 bridgehead atoms. The van der Waals surface area contributed by atoms with E-state index in [1.165, 1.54) is 12.1 Å². The molecule has 0 saturated carbocycles. The van der Waals surface area contributed by atoms with Gasteiger partial charge in [-0.25, -0.2) is 0 Å². The maximum absolute atomic E-state index is 13.5. The van der Waals surface area contributed by atoms with E-state index in [9.17, 15) is 13.2 Å². The summed E-state index contributed by atoms with van der Waals surface area (Å²) in [6.45, 7) is 2.20. The molecule has 0 aliphatic carbocycles. The summed E-state index contributed by atoms with van der Waals surface area (Å²) in [6, 6.07) is 26.9. The summed E-state index contributed by atoms with van der Waals surface area (Å²) in [6.07, 6.45) is -1.46. The van der Waals surface area contributed by atoms with Gasteiger partial charge in [0.2, 0.25) is 0 Å². The van der Waals surface area contributed by atoms with Crippen LogP contribution >= 0.6 is 0 Å². The van der Waals surface area contributed by atoms with Crippen LogP contribution in [0, 0.1) is 0 Å². The number of benzene rings is 3. The zero-order valence-electron chi connectivity index (χ0n) is 18.6. The molecule has 1 aromatic heterocycles. The minimum Gasteiger partial charge on any atom is -0.457 e. The topological polar surface area (TPSA) is 17.4 Å². The molecule has 0 amide bonds. The van der Waals surface area contributed by atoms with E-state index in [0.29, 0.717) is 12.1 Å². The summed E-state index contributed by atoms with van der Waals surface area (Å²) >= 11 is 0. The SMILES string of the molecule is FC(F)(F)c1cccc([C@H]2c3cccn3CCCN2Cc2cccc(Oc3ccccc3)c2)c1. The zero-order chi connectivity index (χ0) is 23.5. The molecule has 174 valence electrons. The van der Waals surface area contributed by atoms with Crippen LogP contribution in [0.15, 0.2) is 97.2 Å². The van der Waals surface area contributed by atoms with Gasteiger partial charge in [-0.15, -0.1) is 0 Å². The number of aromatic nitrogens is 1. The van der Waals surface area contributed by atoms with Crippen molar-refractivity contribution in [3.05, 3.63) is 120 Å². The Hall–Kier alpha value is -3.51. The molecule has 2 heterocycles. The largest absolute Gasteiger partial charge is 0.457 e. The van der Waals surface area contributed by atoms with Crippen LogP contribution in [0.5, 0.6) is 11.5 Å². The Kier molecular flexibility index (Phi) is 6.16. The van der Waals surface area contributed by atoms with Crippen LogP contribution in [0.4, 0.5) is 13.2 Å². The number of nitrogens with zero attached hydrogens (tertiary/aromatic N) is 2. The van der Waals surface area contributed by atoms with Crippen molar-refractivity contribution in [2.24, 2.45) is 0 Å². The first-order valence-corrected chi connectivity index (χ1v) is 11.4. The molecular formula is C28H25F3N2O. The number of alkyl halides is 3. The molecule has 3 aromatic carbocycles. The first-order chi connectivity index (χ1) is 16.5. The Labute approximate surface area is 197 Å². The molecule has 6 heteroatoms. The normalized spacial score (nSPS) is 16.6. The number of hydrogen-bond donors (Lipinski definition) is 0. The first-order valence-electron chi connectivity index (χ1n) is 11.4. The van der Waals surface area contributed by atoms with Gasteiger partial charge in [-0.05, 0) is 66.1 Å². The molecule has 0 fully saturated rings. The highest BCUT2D eigenvalue weighted by Crippen LogP contribution is 2.37. The van der Waals surface area contributed by atoms with Crippen molar-refractivity contribution in [3.63, 3.8) is 0 Å². The molecule has 0 radical (unpaired) electrons. The van der Waals surface area contributed by atoms with Crippen LogP contribution in [0.3, 0.4) is 0 Å². The number of ether oxygens (including phenoxy) is 1. The van der Waals surface area contributed by atoms with Crippen LogP contribution in [0.25, 0.3) is 0 Å². The van der Waals surface area contributed by atoms with Crippen LogP contribution in [-0.4, -0.2) is 16.0 Å². The molecule has 0 spiro atoms. The second kappa shape index (κ2) is 9.39. The van der Waals surface area contributed by atoms with E-state index >= 15 is 0 Å². The van der Waals surface area contributed by atoms with Crippen LogP contribution < -0.4 is 4.74 Å². The van der Waals surface area contributed by atoms with Gasteiger partial charge in [-0.3, -0.25) is 4.90 Å². The van der Waals surface area contributed by atoms with Crippen molar-refractivity contribution in [2.75, 3.05) is 6.54 Å². The third-order valence-electron chi connectivity index (χ3n) is 6.15. The van der Waals surface area contributed by atoms with Gasteiger partial charge in [0.15, 0.2) is 0 Å². The molecule has 3 nitrogen and oxygen atoms in total. The molecular weight excluding hydrogens is 437 g/mol. The van der Waals surface area contributed by atoms with Crippen molar-refractivity contribution in [2.45, 2.75) is 31.7 Å². The number of aryl methyl sites for hydroxylation is 1. The second-order valence-corrected chi connectivity index (χ2v) is 8.54. The number of fused-ring (bicyclic) bond motifs is 1. The van der Waals surface area contributed by atoms with E-state index in [-0.39, 0.29) is 6.04 Å². The van der Waals surface area contributed by atoms with Crippen molar-refractivity contribution in [1.82, 2.24) is 9.47 Å². The van der Waals surface area contributed by atoms with Gasteiger partial charge in [-0.1, -0.05) is 42.5 Å². The van der Waals surface area contributed by atoms with E-state index in [1.807, 2.05) is 72.9 Å². The molecule has 1 atom stereocenters. The van der Waals surface area contributed by atoms with Gasteiger partial charge < -0.3 is 9.30 Å². The lowest BCUT2D eigenvalue weighted by Crippen LogP contribution is -2.29. The lowest BCUT2D eigenvalue weighted by atomic mass is 9.98. The summed E-state index contributed by atoms with van der Waals surface area (Å²) in [4.78, 5) is 2.26. The average Bonchev–Trinajstić information content (AvgIpc) is 3.21. The smallest absolute Gasteiger partial charge is 0.416 e. The fourth-order valence-corrected chi connectivity index (χ4v) is 4.64. The van der Waals surface area contributed by atoms with Gasteiger partial charge in [-0.2, -0.15) is 13.2 Å². The number of hydrogen-bond acceptors (Lipinski definition) is 2. The summed E-state index contributed by atoms with van der Waals surface area (Å²) in [5.74, 6) is 1.49. The Balaban J connectivity index is 1.47. The predicted octanol–water partition coefficient (Wildman–Crippen LogP) is 7.29. The van der Waals surface area contributed by atoms with Crippen molar-refractivity contribution in [3.8, 4) is 11.5 Å². The predicted molar refractivity (Wildman–Crippen MR) is 126 cm³/mol. The monoisotopic (exact) mass is 462 g/mol. The molecule has 1 aliphatic heterocycles. The lowest BCUT2D eigenvalue weighted by molar-refractivity contribution is -0.137. The fraction of sp³-hybridized carbons (Fsp3) is 0.214. The Morgan fingerprint density at radius 3 is 2.41 bits per heavy atom. The maximum atomic E-state index is 13.5. The Morgan fingerprint density at radius 2 is 1.59 bits per heavy atom. The van der Waals surface area contributed by atoms with E-state index in [2.05, 4.69) is 9.47 Å². The standard InChI is InChI=1S/C28H25F3N2O/c29-28(30,31)23-10-5-9-22(19-23)27-26-14-6-15-32(26)16-7-17-33(27)20-21-8-4-13-25(18-21)34-24-11-2-1-3-12-24/h1-6,8-15,18-19,27H,7,16-17,20H2/t27-/m0/s1. The van der Waals surface area contributed by atoms with Gasteiger partial charge in [0.05, 0.1) is 11.6 Å². The molecule has 34 heavy (non-hydrogen) atoms. The first kappa shape index (κ1) is 22.3. The summed E-state index contributed by atoms with van der Waals surface area (Å²) < 4.78 is 48.6. The molecule has 5 rings (SSSR count). The molecule has 1 aliphatic rings. The number of para-hydroxylation sites is 1. The van der Waals surface area contributed by atoms with Gasteiger partial charge in [0.1, 0.15) is 11.5 Å². The average molecular weight is 463 g/mol. The van der Waals surface area contributed by atoms with Crippen molar-refractivity contribution in [1.29, 1.82) is 0 Å². The molecule has 0 unspecified atom stereocenters. The lowest BCUT2D eigenvalue weighted by Gasteiger charge is -2.31. The van der Waals surface area contributed by atoms with Crippen LogP contribution in [0.1, 0.15) is 34.8 Å². The maximum Gasteiger partial charge on any atom is 0.416 e. The minimum absolute atomic E-state index is 0.279. The highest BCUT2D eigenvalue weighted by Gasteiger charge is 2.33. The summed E-state index contributed by atoms with van der Waals surface area (Å²) in [5.41, 5.74) is 2.08. The molecule has 0 N–H and O–H groups in total. The van der Waals surface area contributed by atoms with E-state index < -0.39 is 11.7 Å². The van der Waals surface area contributed by atoms with Crippen LogP contribution in [0.2, 0.25) is 0 Å². The number of halogens is 3. The van der Waals surface area contributed by atoms with E-state index in [1.54, 1.807) is 6.07 Å². The van der Waals surface area contributed by atoms with Gasteiger partial charge in [0.25, 0.3) is 0 Å². The zero-order valence-corrected chi connectivity index (χ0v) is 18.6. The van der Waals surface area contributed by atoms with E-state index in [0.717, 1.165) is 48.3 Å². The van der Waals surface area contributed by atoms with Gasteiger partial charge >= 0.3 is 6.18 Å². The van der Waals surface area contributed by atoms with Gasteiger partial charge in [0, 0.05) is 31.5 Å². The Morgan fingerprint density at radius 1 is 0.794 bits per heavy atom. The second-order valence-electron chi connectivity index (χ2n) is 8.54. The quantitative estimate of drug-likeness (QED) is 0.310. The fourth-order valence-electron chi connectivity index (χ4n) is 4.64. The Bertz CT molecular complexity index is 1250. The van der Waals surface area contributed by atoms with E-state index in [4.69, 9.17) is 4.74 Å². The van der Waals surface area contributed by atoms with Crippen molar-refractivity contribution >= 4 is 0 Å². The molecule has 0 saturated heterocycles. The molecule has 4 aromatic rings. The summed E-state index contributed by atoms with van der Waals surface area (Å²) in [7, 11) is 0. The third kappa shape index (κ3) is 4.87. The highest BCUT2D eigenvalue weighted by molar-refractivity contribution is 5.36. The highest BCUT2D eigenvalue weighted by atomic mass is 19.4. The third-order valence-corrected chi connectivity index (χ3v) is 6.15. The number of rotatable bonds is 5. The van der Waals surface area contributed by atoms with Crippen molar-refractivity contribution < 1.29 is 17.9 Å². The minimum atomic E-state index is -4.38. The summed E-state index contributed by atoms with van der Waals surface area (Å²) in [5, 5.41) is 0. The van der Waals surface area contributed by atoms with Crippen LogP contribution in [-0.2, 0) is 19.3 Å².